The van der Waals surface area contributed by atoms with Crippen LogP contribution in [-0.4, -0.2) is 32.1 Å². The second-order valence-electron chi connectivity index (χ2n) is 8.95. The number of hydrogen-bond donors (Lipinski definition) is 2. The molecule has 3 aromatic rings. The van der Waals surface area contributed by atoms with Gasteiger partial charge in [-0.3, -0.25) is 9.48 Å². The zero-order chi connectivity index (χ0) is 22.2. The molecule has 1 aromatic carbocycles. The molecule has 7 heteroatoms. The summed E-state index contributed by atoms with van der Waals surface area (Å²) >= 11 is 0. The van der Waals surface area contributed by atoms with Gasteiger partial charge in [0.05, 0.1) is 17.2 Å². The molecule has 1 amide bonds. The number of pyridine rings is 1. The van der Waals surface area contributed by atoms with Gasteiger partial charge in [-0.05, 0) is 70.7 Å². The van der Waals surface area contributed by atoms with E-state index in [-0.39, 0.29) is 17.9 Å². The number of anilines is 1. The Morgan fingerprint density at radius 1 is 1.23 bits per heavy atom. The minimum Gasteiger partial charge on any atom is -0.386 e. The summed E-state index contributed by atoms with van der Waals surface area (Å²) in [4.78, 5) is 28.1. The van der Waals surface area contributed by atoms with Crippen molar-refractivity contribution < 1.29 is 14.7 Å². The van der Waals surface area contributed by atoms with Crippen molar-refractivity contribution in [2.45, 2.75) is 58.1 Å². The number of carbonyl (C=O) groups is 2. The van der Waals surface area contributed by atoms with Gasteiger partial charge >= 0.3 is 0 Å². The lowest BCUT2D eigenvalue weighted by atomic mass is 9.87. The summed E-state index contributed by atoms with van der Waals surface area (Å²) in [6.45, 7) is 5.21. The van der Waals surface area contributed by atoms with Crippen molar-refractivity contribution >= 4 is 28.8 Å². The van der Waals surface area contributed by atoms with E-state index in [1.54, 1.807) is 26.0 Å². The number of fused-ring (bicyclic) bond motifs is 1. The van der Waals surface area contributed by atoms with Crippen molar-refractivity contribution in [3.63, 3.8) is 0 Å². The summed E-state index contributed by atoms with van der Waals surface area (Å²) in [5.74, 6) is -0.173. The first-order chi connectivity index (χ1) is 14.7. The number of nitrogens with one attached hydrogen (secondary N) is 1. The molecule has 0 spiro atoms. The zero-order valence-electron chi connectivity index (χ0n) is 18.1. The van der Waals surface area contributed by atoms with Crippen molar-refractivity contribution in [3.05, 3.63) is 53.5 Å². The van der Waals surface area contributed by atoms with Crippen molar-refractivity contribution in [3.8, 4) is 0 Å². The summed E-state index contributed by atoms with van der Waals surface area (Å²) in [5, 5.41) is 19.3. The molecular weight excluding hydrogens is 392 g/mol. The van der Waals surface area contributed by atoms with Gasteiger partial charge in [-0.15, -0.1) is 0 Å². The zero-order valence-corrected chi connectivity index (χ0v) is 18.1. The van der Waals surface area contributed by atoms with Gasteiger partial charge in [-0.25, -0.2) is 4.98 Å². The molecule has 162 valence electrons. The summed E-state index contributed by atoms with van der Waals surface area (Å²) < 4.78 is 1.97. The van der Waals surface area contributed by atoms with E-state index in [0.717, 1.165) is 48.6 Å². The second-order valence-corrected chi connectivity index (χ2v) is 8.95. The van der Waals surface area contributed by atoms with Crippen LogP contribution in [0.1, 0.15) is 67.3 Å². The van der Waals surface area contributed by atoms with E-state index in [1.807, 2.05) is 36.0 Å². The number of aromatic nitrogens is 3. The number of benzene rings is 1. The average Bonchev–Trinajstić information content (AvgIpc) is 3.15. The monoisotopic (exact) mass is 420 g/mol. The number of rotatable bonds is 5. The quantitative estimate of drug-likeness (QED) is 0.605. The smallest absolute Gasteiger partial charge is 0.274 e. The summed E-state index contributed by atoms with van der Waals surface area (Å²) in [7, 11) is 0. The number of hydrogen-bond acceptors (Lipinski definition) is 5. The van der Waals surface area contributed by atoms with Gasteiger partial charge in [0, 0.05) is 34.4 Å². The maximum absolute atomic E-state index is 12.8. The molecule has 1 fully saturated rings. The molecule has 1 aliphatic rings. The number of aldehydes is 1. The Morgan fingerprint density at radius 3 is 2.61 bits per heavy atom. The topological polar surface area (TPSA) is 97.1 Å². The molecule has 2 heterocycles. The molecule has 0 bridgehead atoms. The highest BCUT2D eigenvalue weighted by atomic mass is 16.3. The number of amides is 1. The molecule has 1 saturated carbocycles. The molecule has 0 radical (unpaired) electrons. The predicted octanol–water partition coefficient (Wildman–Crippen LogP) is 4.15. The first kappa shape index (κ1) is 21.2. The highest BCUT2D eigenvalue weighted by Gasteiger charge is 2.26. The third-order valence-electron chi connectivity index (χ3n) is 6.00. The third kappa shape index (κ3) is 4.51. The van der Waals surface area contributed by atoms with Crippen molar-refractivity contribution in [1.82, 2.24) is 14.8 Å². The van der Waals surface area contributed by atoms with Gasteiger partial charge in [0.2, 0.25) is 0 Å². The highest BCUT2D eigenvalue weighted by molar-refractivity contribution is 6.04. The summed E-state index contributed by atoms with van der Waals surface area (Å²) in [5.41, 5.74) is 1.82. The second kappa shape index (κ2) is 8.23. The molecular formula is C24H28N4O3. The minimum absolute atomic E-state index is 0.153. The van der Waals surface area contributed by atoms with Gasteiger partial charge in [-0.1, -0.05) is 6.07 Å². The van der Waals surface area contributed by atoms with Crippen LogP contribution in [0.2, 0.25) is 0 Å². The Kier molecular flexibility index (Phi) is 5.62. The van der Waals surface area contributed by atoms with Crippen molar-refractivity contribution in [2.24, 2.45) is 5.92 Å². The van der Waals surface area contributed by atoms with Crippen LogP contribution in [0, 0.1) is 12.8 Å². The highest BCUT2D eigenvalue weighted by Crippen LogP contribution is 2.35. The van der Waals surface area contributed by atoms with Crippen LogP contribution in [0.4, 0.5) is 5.69 Å². The molecule has 0 atom stereocenters. The fourth-order valence-corrected chi connectivity index (χ4v) is 4.25. The molecule has 4 rings (SSSR count). The van der Waals surface area contributed by atoms with E-state index in [4.69, 9.17) is 5.10 Å². The standard InChI is InChI=1S/C24H28N4O3/c1-15-5-4-6-20(25-15)23(30)26-22-11-17-13-28(18-9-7-16(14-29)8-10-18)27-21(17)12-19(22)24(2,3)31/h4-6,11-14,16,18,31H,7-10H2,1-3H3,(H,26,30). The molecule has 1 aliphatic carbocycles. The van der Waals surface area contributed by atoms with Crippen LogP contribution >= 0.6 is 0 Å². The lowest BCUT2D eigenvalue weighted by Gasteiger charge is -2.25. The fourth-order valence-electron chi connectivity index (χ4n) is 4.25. The minimum atomic E-state index is -1.16. The SMILES string of the molecule is Cc1cccc(C(=O)Nc2cc3cn(C4CCC(C=O)CC4)nc3cc2C(C)(C)O)n1. The van der Waals surface area contributed by atoms with Crippen molar-refractivity contribution in [2.75, 3.05) is 5.32 Å². The van der Waals surface area contributed by atoms with E-state index in [1.165, 1.54) is 0 Å². The van der Waals surface area contributed by atoms with Gasteiger partial charge in [0.25, 0.3) is 5.91 Å². The molecule has 7 nitrogen and oxygen atoms in total. The van der Waals surface area contributed by atoms with E-state index < -0.39 is 5.60 Å². The molecule has 2 N–H and O–H groups in total. The number of aryl methyl sites for hydroxylation is 1. The first-order valence-electron chi connectivity index (χ1n) is 10.7. The Hall–Kier alpha value is -3.06. The van der Waals surface area contributed by atoms with Crippen LogP contribution < -0.4 is 5.32 Å². The first-order valence-corrected chi connectivity index (χ1v) is 10.7. The maximum Gasteiger partial charge on any atom is 0.274 e. The lowest BCUT2D eigenvalue weighted by molar-refractivity contribution is -0.112. The molecule has 31 heavy (non-hydrogen) atoms. The van der Waals surface area contributed by atoms with Crippen LogP contribution in [-0.2, 0) is 10.4 Å². The molecule has 2 aromatic heterocycles. The van der Waals surface area contributed by atoms with Crippen molar-refractivity contribution in [1.29, 1.82) is 0 Å². The Morgan fingerprint density at radius 2 is 1.97 bits per heavy atom. The van der Waals surface area contributed by atoms with Crippen LogP contribution in [0.3, 0.4) is 0 Å². The van der Waals surface area contributed by atoms with E-state index >= 15 is 0 Å². The third-order valence-corrected chi connectivity index (χ3v) is 6.00. The van der Waals surface area contributed by atoms with Gasteiger partial charge in [-0.2, -0.15) is 5.10 Å². The van der Waals surface area contributed by atoms with Crippen LogP contribution in [0.25, 0.3) is 10.9 Å². The average molecular weight is 421 g/mol. The lowest BCUT2D eigenvalue weighted by Crippen LogP contribution is -2.21. The summed E-state index contributed by atoms with van der Waals surface area (Å²) in [6.07, 6.45) is 6.63. The number of carbonyl (C=O) groups excluding carboxylic acids is 2. The molecule has 0 unspecified atom stereocenters. The predicted molar refractivity (Wildman–Crippen MR) is 119 cm³/mol. The van der Waals surface area contributed by atoms with Crippen LogP contribution in [0.5, 0.6) is 0 Å². The van der Waals surface area contributed by atoms with Gasteiger partial charge in [0.1, 0.15) is 12.0 Å². The van der Waals surface area contributed by atoms with E-state index in [9.17, 15) is 14.7 Å². The normalized spacial score (nSPS) is 19.4. The number of aliphatic hydroxyl groups is 1. The maximum atomic E-state index is 12.8. The van der Waals surface area contributed by atoms with Gasteiger partial charge in [0.15, 0.2) is 0 Å². The van der Waals surface area contributed by atoms with Gasteiger partial charge < -0.3 is 15.2 Å². The van der Waals surface area contributed by atoms with Crippen LogP contribution in [0.15, 0.2) is 36.5 Å². The Bertz CT molecular complexity index is 1120. The van der Waals surface area contributed by atoms with E-state index in [2.05, 4.69) is 10.3 Å². The molecule has 0 aliphatic heterocycles. The Balaban J connectivity index is 1.67. The van der Waals surface area contributed by atoms with E-state index in [0.29, 0.717) is 16.9 Å². The number of nitrogens with zero attached hydrogens (tertiary/aromatic N) is 3. The largest absolute Gasteiger partial charge is 0.386 e. The Labute approximate surface area is 181 Å². The summed E-state index contributed by atoms with van der Waals surface area (Å²) in [6, 6.07) is 9.24. The fraction of sp³-hybridized carbons (Fsp3) is 0.417. The molecule has 0 saturated heterocycles.